The van der Waals surface area contributed by atoms with E-state index in [1.165, 1.54) is 39.1 Å². The van der Waals surface area contributed by atoms with Gasteiger partial charge in [0.2, 0.25) is 0 Å². The van der Waals surface area contributed by atoms with Crippen LogP contribution in [0.4, 0.5) is 0 Å². The predicted octanol–water partition coefficient (Wildman–Crippen LogP) is 2.04. The fourth-order valence-corrected chi connectivity index (χ4v) is 2.55. The molecule has 0 amide bonds. The molecule has 1 aliphatic rings. The Kier molecular flexibility index (Phi) is 7.20. The second-order valence-electron chi connectivity index (χ2n) is 6.30. The average molecular weight is 255 g/mol. The van der Waals surface area contributed by atoms with Gasteiger partial charge in [0, 0.05) is 51.4 Å². The minimum absolute atomic E-state index is 0.648. The third-order valence-corrected chi connectivity index (χ3v) is 4.03. The predicted molar refractivity (Wildman–Crippen MR) is 80.1 cm³/mol. The topological polar surface area (TPSA) is 18.5 Å². The molecule has 1 rings (SSSR count). The molecule has 1 N–H and O–H groups in total. The van der Waals surface area contributed by atoms with Crippen LogP contribution in [0.2, 0.25) is 0 Å². The van der Waals surface area contributed by atoms with Gasteiger partial charge in [-0.05, 0) is 26.2 Å². The largest absolute Gasteiger partial charge is 0.313 e. The molecule has 108 valence electrons. The van der Waals surface area contributed by atoms with E-state index in [1.807, 2.05) is 0 Å². The fourth-order valence-electron chi connectivity index (χ4n) is 2.55. The number of nitrogens with one attached hydrogen (secondary N) is 1. The Balaban J connectivity index is 2.21. The number of hydrogen-bond acceptors (Lipinski definition) is 3. The molecule has 1 saturated heterocycles. The molecule has 0 aliphatic carbocycles. The maximum Gasteiger partial charge on any atom is 0.0193 e. The van der Waals surface area contributed by atoms with E-state index in [-0.39, 0.29) is 0 Å². The molecule has 3 nitrogen and oxygen atoms in total. The van der Waals surface area contributed by atoms with Gasteiger partial charge in [0.05, 0.1) is 0 Å². The van der Waals surface area contributed by atoms with Gasteiger partial charge in [-0.2, -0.15) is 0 Å². The molecule has 0 spiro atoms. The van der Waals surface area contributed by atoms with Crippen LogP contribution in [0.25, 0.3) is 0 Å². The molecule has 0 aromatic carbocycles. The first-order chi connectivity index (χ1) is 8.52. The van der Waals surface area contributed by atoms with Crippen molar-refractivity contribution in [2.45, 2.75) is 53.1 Å². The van der Waals surface area contributed by atoms with E-state index in [1.54, 1.807) is 0 Å². The molecular weight excluding hydrogens is 222 g/mol. The van der Waals surface area contributed by atoms with E-state index in [9.17, 15) is 0 Å². The van der Waals surface area contributed by atoms with Gasteiger partial charge in [-0.3, -0.25) is 4.90 Å². The molecule has 1 heterocycles. The van der Waals surface area contributed by atoms with Crippen molar-refractivity contribution in [2.24, 2.45) is 5.92 Å². The minimum Gasteiger partial charge on any atom is -0.313 e. The van der Waals surface area contributed by atoms with E-state index in [4.69, 9.17) is 0 Å². The van der Waals surface area contributed by atoms with E-state index >= 15 is 0 Å². The number of piperazine rings is 1. The van der Waals surface area contributed by atoms with Gasteiger partial charge in [-0.15, -0.1) is 0 Å². The second-order valence-corrected chi connectivity index (χ2v) is 6.30. The normalized spacial score (nSPS) is 22.3. The molecule has 0 aromatic rings. The number of hydrogen-bond donors (Lipinski definition) is 1. The SMILES string of the molecule is CCC(C)NCC(C)N1CCN(CC(C)C)CC1. The van der Waals surface area contributed by atoms with Crippen molar-refractivity contribution >= 4 is 0 Å². The van der Waals surface area contributed by atoms with Crippen LogP contribution >= 0.6 is 0 Å². The summed E-state index contributed by atoms with van der Waals surface area (Å²) in [5.41, 5.74) is 0. The van der Waals surface area contributed by atoms with E-state index in [2.05, 4.69) is 49.7 Å². The number of rotatable bonds is 7. The zero-order valence-corrected chi connectivity index (χ0v) is 13.1. The summed E-state index contributed by atoms with van der Waals surface area (Å²) in [5.74, 6) is 0.793. The van der Waals surface area contributed by atoms with Gasteiger partial charge in [-0.25, -0.2) is 0 Å². The third kappa shape index (κ3) is 5.68. The molecule has 0 saturated carbocycles. The van der Waals surface area contributed by atoms with Crippen molar-refractivity contribution in [1.29, 1.82) is 0 Å². The van der Waals surface area contributed by atoms with Crippen LogP contribution < -0.4 is 5.32 Å². The highest BCUT2D eigenvalue weighted by Gasteiger charge is 2.21. The first kappa shape index (κ1) is 15.9. The van der Waals surface area contributed by atoms with Crippen LogP contribution in [-0.2, 0) is 0 Å². The molecule has 0 aromatic heterocycles. The summed E-state index contributed by atoms with van der Waals surface area (Å²) in [6, 6.07) is 1.31. The zero-order chi connectivity index (χ0) is 13.5. The van der Waals surface area contributed by atoms with Gasteiger partial charge < -0.3 is 10.2 Å². The summed E-state index contributed by atoms with van der Waals surface area (Å²) in [7, 11) is 0. The quantitative estimate of drug-likeness (QED) is 0.751. The first-order valence-electron chi connectivity index (χ1n) is 7.72. The second kappa shape index (κ2) is 8.13. The van der Waals surface area contributed by atoms with Gasteiger partial charge in [0.15, 0.2) is 0 Å². The van der Waals surface area contributed by atoms with Gasteiger partial charge in [-0.1, -0.05) is 20.8 Å². The molecule has 1 aliphatic heterocycles. The van der Waals surface area contributed by atoms with Crippen molar-refractivity contribution in [2.75, 3.05) is 39.3 Å². The molecule has 2 unspecified atom stereocenters. The highest BCUT2D eigenvalue weighted by Crippen LogP contribution is 2.08. The molecule has 0 bridgehead atoms. The Morgan fingerprint density at radius 3 is 2.11 bits per heavy atom. The Hall–Kier alpha value is -0.120. The molecule has 2 atom stereocenters. The maximum absolute atomic E-state index is 3.62. The Bertz CT molecular complexity index is 210. The highest BCUT2D eigenvalue weighted by molar-refractivity contribution is 4.78. The third-order valence-electron chi connectivity index (χ3n) is 4.03. The summed E-state index contributed by atoms with van der Waals surface area (Å²) in [5, 5.41) is 3.62. The van der Waals surface area contributed by atoms with Crippen LogP contribution in [0.5, 0.6) is 0 Å². The summed E-state index contributed by atoms with van der Waals surface area (Å²) in [4.78, 5) is 5.24. The zero-order valence-electron chi connectivity index (χ0n) is 13.1. The van der Waals surface area contributed by atoms with Crippen molar-refractivity contribution in [3.05, 3.63) is 0 Å². The minimum atomic E-state index is 0.648. The lowest BCUT2D eigenvalue weighted by molar-refractivity contribution is 0.0933. The van der Waals surface area contributed by atoms with Crippen LogP contribution in [0.15, 0.2) is 0 Å². The van der Waals surface area contributed by atoms with Crippen LogP contribution in [-0.4, -0.2) is 61.2 Å². The van der Waals surface area contributed by atoms with Gasteiger partial charge in [0.1, 0.15) is 0 Å². The lowest BCUT2D eigenvalue weighted by atomic mass is 10.1. The summed E-state index contributed by atoms with van der Waals surface area (Å²) >= 11 is 0. The van der Waals surface area contributed by atoms with Crippen molar-refractivity contribution < 1.29 is 0 Å². The summed E-state index contributed by atoms with van der Waals surface area (Å²) in [6.45, 7) is 18.8. The smallest absolute Gasteiger partial charge is 0.0193 e. The Labute approximate surface area is 114 Å². The Morgan fingerprint density at radius 1 is 1.00 bits per heavy atom. The van der Waals surface area contributed by atoms with Crippen molar-refractivity contribution in [3.8, 4) is 0 Å². The van der Waals surface area contributed by atoms with Crippen LogP contribution in [0.3, 0.4) is 0 Å². The van der Waals surface area contributed by atoms with Crippen LogP contribution in [0.1, 0.15) is 41.0 Å². The molecular formula is C15H33N3. The monoisotopic (exact) mass is 255 g/mol. The molecule has 18 heavy (non-hydrogen) atoms. The lowest BCUT2D eigenvalue weighted by Crippen LogP contribution is -2.52. The molecule has 1 fully saturated rings. The lowest BCUT2D eigenvalue weighted by Gasteiger charge is -2.39. The van der Waals surface area contributed by atoms with Crippen molar-refractivity contribution in [3.63, 3.8) is 0 Å². The standard InChI is InChI=1S/C15H33N3/c1-6-14(4)16-11-15(5)18-9-7-17(8-10-18)12-13(2)3/h13-16H,6-12H2,1-5H3. The average Bonchev–Trinajstić information content (AvgIpc) is 2.35. The van der Waals surface area contributed by atoms with E-state index < -0.39 is 0 Å². The fraction of sp³-hybridized carbons (Fsp3) is 1.00. The number of nitrogens with zero attached hydrogens (tertiary/aromatic N) is 2. The first-order valence-corrected chi connectivity index (χ1v) is 7.72. The Morgan fingerprint density at radius 2 is 1.61 bits per heavy atom. The summed E-state index contributed by atoms with van der Waals surface area (Å²) in [6.07, 6.45) is 1.22. The van der Waals surface area contributed by atoms with Crippen LogP contribution in [0, 0.1) is 5.92 Å². The summed E-state index contributed by atoms with van der Waals surface area (Å²) < 4.78 is 0. The highest BCUT2D eigenvalue weighted by atomic mass is 15.3. The van der Waals surface area contributed by atoms with Gasteiger partial charge in [0.25, 0.3) is 0 Å². The van der Waals surface area contributed by atoms with Crippen molar-refractivity contribution in [1.82, 2.24) is 15.1 Å². The molecule has 3 heteroatoms. The van der Waals surface area contributed by atoms with E-state index in [0.29, 0.717) is 12.1 Å². The maximum atomic E-state index is 3.62. The van der Waals surface area contributed by atoms with Gasteiger partial charge >= 0.3 is 0 Å². The molecule has 0 radical (unpaired) electrons. The van der Waals surface area contributed by atoms with E-state index in [0.717, 1.165) is 12.5 Å².